The molecule has 1 aliphatic heterocycles. The van der Waals surface area contributed by atoms with Gasteiger partial charge in [-0.2, -0.15) is 0 Å². The van der Waals surface area contributed by atoms with Gasteiger partial charge in [0, 0.05) is 13.1 Å². The normalized spacial score (nSPS) is 17.4. The summed E-state index contributed by atoms with van der Waals surface area (Å²) in [4.78, 5) is 6.75. The van der Waals surface area contributed by atoms with E-state index in [-0.39, 0.29) is 6.04 Å². The van der Waals surface area contributed by atoms with Crippen LogP contribution in [0.5, 0.6) is 0 Å². The van der Waals surface area contributed by atoms with Crippen molar-refractivity contribution in [1.82, 2.24) is 4.90 Å². The number of hydrogen-bond acceptors (Lipinski definition) is 3. The van der Waals surface area contributed by atoms with Gasteiger partial charge in [-0.25, -0.2) is 0 Å². The Morgan fingerprint density at radius 1 is 1.38 bits per heavy atom. The van der Waals surface area contributed by atoms with Crippen molar-refractivity contribution in [3.63, 3.8) is 0 Å². The molecule has 1 unspecified atom stereocenters. The summed E-state index contributed by atoms with van der Waals surface area (Å²) in [5.41, 5.74) is 7.26. The summed E-state index contributed by atoms with van der Waals surface area (Å²) in [6.45, 7) is 4.93. The molecule has 0 amide bonds. The molecule has 1 atom stereocenters. The van der Waals surface area contributed by atoms with Crippen LogP contribution in [0, 0.1) is 0 Å². The highest BCUT2D eigenvalue weighted by atomic mass is 15.2. The Morgan fingerprint density at radius 2 is 2.12 bits per heavy atom. The first-order valence-electron chi connectivity index (χ1n) is 5.86. The van der Waals surface area contributed by atoms with Gasteiger partial charge >= 0.3 is 0 Å². The molecule has 1 aromatic carbocycles. The van der Waals surface area contributed by atoms with Crippen LogP contribution in [-0.2, 0) is 6.42 Å². The Kier molecular flexibility index (Phi) is 3.57. The molecule has 2 rings (SSSR count). The molecule has 0 fully saturated rings. The van der Waals surface area contributed by atoms with Gasteiger partial charge in [0.15, 0.2) is 0 Å². The highest BCUT2D eigenvalue weighted by Crippen LogP contribution is 2.07. The molecule has 0 saturated carbocycles. The lowest BCUT2D eigenvalue weighted by atomic mass is 10.1. The molecule has 16 heavy (non-hydrogen) atoms. The van der Waals surface area contributed by atoms with Gasteiger partial charge in [-0.05, 0) is 18.9 Å². The molecule has 3 heteroatoms. The standard InChI is InChI=1S/C13H19N3/c1-11(14)13-15-8-10-16(13)9-7-12-5-3-2-4-6-12/h2-6,11H,7-10,14H2,1H3. The third-order valence-electron chi connectivity index (χ3n) is 2.89. The summed E-state index contributed by atoms with van der Waals surface area (Å²) >= 11 is 0. The lowest BCUT2D eigenvalue weighted by Gasteiger charge is -2.22. The molecule has 0 aromatic heterocycles. The molecular weight excluding hydrogens is 198 g/mol. The number of benzene rings is 1. The van der Waals surface area contributed by atoms with E-state index in [1.807, 2.05) is 13.0 Å². The average molecular weight is 217 g/mol. The highest BCUT2D eigenvalue weighted by molar-refractivity contribution is 5.88. The average Bonchev–Trinajstić information content (AvgIpc) is 2.76. The first-order valence-corrected chi connectivity index (χ1v) is 5.86. The Morgan fingerprint density at radius 3 is 2.81 bits per heavy atom. The molecule has 1 heterocycles. The number of aliphatic imine (C=N–C) groups is 1. The van der Waals surface area contributed by atoms with E-state index in [9.17, 15) is 0 Å². The fraction of sp³-hybridized carbons (Fsp3) is 0.462. The Labute approximate surface area is 97.0 Å². The summed E-state index contributed by atoms with van der Waals surface area (Å²) in [7, 11) is 0. The van der Waals surface area contributed by atoms with E-state index >= 15 is 0 Å². The first kappa shape index (κ1) is 11.1. The van der Waals surface area contributed by atoms with Gasteiger partial charge < -0.3 is 10.6 Å². The minimum absolute atomic E-state index is 0.0540. The lowest BCUT2D eigenvalue weighted by molar-refractivity contribution is 0.449. The van der Waals surface area contributed by atoms with Gasteiger partial charge in [-0.3, -0.25) is 4.99 Å². The quantitative estimate of drug-likeness (QED) is 0.825. The number of rotatable bonds is 4. The largest absolute Gasteiger partial charge is 0.357 e. The highest BCUT2D eigenvalue weighted by Gasteiger charge is 2.19. The van der Waals surface area contributed by atoms with Crippen molar-refractivity contribution in [3.05, 3.63) is 35.9 Å². The van der Waals surface area contributed by atoms with E-state index in [2.05, 4.69) is 34.2 Å². The number of nitrogens with zero attached hydrogens (tertiary/aromatic N) is 2. The van der Waals surface area contributed by atoms with E-state index in [4.69, 9.17) is 5.73 Å². The van der Waals surface area contributed by atoms with Gasteiger partial charge in [0.1, 0.15) is 5.84 Å². The topological polar surface area (TPSA) is 41.6 Å². The van der Waals surface area contributed by atoms with E-state index in [0.29, 0.717) is 0 Å². The minimum Gasteiger partial charge on any atom is -0.357 e. The molecular formula is C13H19N3. The van der Waals surface area contributed by atoms with Crippen LogP contribution in [0.3, 0.4) is 0 Å². The monoisotopic (exact) mass is 217 g/mol. The van der Waals surface area contributed by atoms with E-state index in [0.717, 1.165) is 31.9 Å². The van der Waals surface area contributed by atoms with E-state index in [1.165, 1.54) is 5.56 Å². The van der Waals surface area contributed by atoms with E-state index in [1.54, 1.807) is 0 Å². The number of hydrogen-bond donors (Lipinski definition) is 1. The zero-order chi connectivity index (χ0) is 11.4. The first-order chi connectivity index (χ1) is 7.77. The Balaban J connectivity index is 1.89. The molecule has 0 spiro atoms. The smallest absolute Gasteiger partial charge is 0.116 e. The zero-order valence-electron chi connectivity index (χ0n) is 9.76. The second kappa shape index (κ2) is 5.12. The third kappa shape index (κ3) is 2.61. The van der Waals surface area contributed by atoms with Crippen molar-refractivity contribution in [3.8, 4) is 0 Å². The van der Waals surface area contributed by atoms with Crippen molar-refractivity contribution < 1.29 is 0 Å². The van der Waals surface area contributed by atoms with Crippen LogP contribution in [0.15, 0.2) is 35.3 Å². The van der Waals surface area contributed by atoms with Gasteiger partial charge in [0.25, 0.3) is 0 Å². The predicted octanol–water partition coefficient (Wildman–Crippen LogP) is 1.29. The molecule has 3 nitrogen and oxygen atoms in total. The van der Waals surface area contributed by atoms with Crippen molar-refractivity contribution in [2.45, 2.75) is 19.4 Å². The molecule has 0 bridgehead atoms. The van der Waals surface area contributed by atoms with Crippen LogP contribution < -0.4 is 5.73 Å². The fourth-order valence-corrected chi connectivity index (χ4v) is 2.07. The SMILES string of the molecule is CC(N)C1=NCCN1CCc1ccccc1. The summed E-state index contributed by atoms with van der Waals surface area (Å²) in [6, 6.07) is 10.6. The lowest BCUT2D eigenvalue weighted by Crippen LogP contribution is -2.40. The maximum Gasteiger partial charge on any atom is 0.116 e. The number of amidine groups is 1. The Bertz CT molecular complexity index is 357. The van der Waals surface area contributed by atoms with Crippen LogP contribution in [0.4, 0.5) is 0 Å². The van der Waals surface area contributed by atoms with Crippen molar-refractivity contribution >= 4 is 5.84 Å². The van der Waals surface area contributed by atoms with Crippen LogP contribution in [0.2, 0.25) is 0 Å². The molecule has 0 saturated heterocycles. The summed E-state index contributed by atoms with van der Waals surface area (Å²) in [5, 5.41) is 0. The van der Waals surface area contributed by atoms with Crippen LogP contribution in [0.25, 0.3) is 0 Å². The van der Waals surface area contributed by atoms with Gasteiger partial charge in [-0.1, -0.05) is 30.3 Å². The molecule has 1 aliphatic rings. The van der Waals surface area contributed by atoms with Gasteiger partial charge in [-0.15, -0.1) is 0 Å². The van der Waals surface area contributed by atoms with E-state index < -0.39 is 0 Å². The maximum absolute atomic E-state index is 5.88. The molecule has 0 radical (unpaired) electrons. The van der Waals surface area contributed by atoms with Crippen LogP contribution in [0.1, 0.15) is 12.5 Å². The second-order valence-corrected chi connectivity index (χ2v) is 4.25. The minimum atomic E-state index is 0.0540. The fourth-order valence-electron chi connectivity index (χ4n) is 2.07. The molecule has 2 N–H and O–H groups in total. The zero-order valence-corrected chi connectivity index (χ0v) is 9.76. The predicted molar refractivity (Wildman–Crippen MR) is 67.7 cm³/mol. The van der Waals surface area contributed by atoms with Crippen molar-refractivity contribution in [1.29, 1.82) is 0 Å². The van der Waals surface area contributed by atoms with Gasteiger partial charge in [0.05, 0.1) is 12.6 Å². The second-order valence-electron chi connectivity index (χ2n) is 4.25. The van der Waals surface area contributed by atoms with Crippen molar-refractivity contribution in [2.24, 2.45) is 10.7 Å². The molecule has 86 valence electrons. The maximum atomic E-state index is 5.88. The van der Waals surface area contributed by atoms with Crippen LogP contribution in [-0.4, -0.2) is 36.4 Å². The summed E-state index contributed by atoms with van der Waals surface area (Å²) in [6.07, 6.45) is 1.06. The molecule has 1 aromatic rings. The summed E-state index contributed by atoms with van der Waals surface area (Å²) in [5.74, 6) is 1.07. The van der Waals surface area contributed by atoms with Crippen molar-refractivity contribution in [2.75, 3.05) is 19.6 Å². The number of nitrogens with two attached hydrogens (primary N) is 1. The summed E-state index contributed by atoms with van der Waals surface area (Å²) < 4.78 is 0. The van der Waals surface area contributed by atoms with Gasteiger partial charge in [0.2, 0.25) is 0 Å². The molecule has 0 aliphatic carbocycles. The third-order valence-corrected chi connectivity index (χ3v) is 2.89. The Hall–Kier alpha value is -1.35. The van der Waals surface area contributed by atoms with Crippen LogP contribution >= 0.6 is 0 Å².